The van der Waals surface area contributed by atoms with Crippen LogP contribution in [-0.4, -0.2) is 44.1 Å². The number of ether oxygens (including phenoxy) is 2. The summed E-state index contributed by atoms with van der Waals surface area (Å²) in [6.45, 7) is 1.34. The SMILES string of the molecule is Cn1nnnc1/C(=N/OCc1cccc(C2OCCO2)n1)c1ccccc1. The molecule has 1 fully saturated rings. The van der Waals surface area contributed by atoms with Gasteiger partial charge in [-0.2, -0.15) is 0 Å². The van der Waals surface area contributed by atoms with Crippen molar-refractivity contribution in [3.63, 3.8) is 0 Å². The summed E-state index contributed by atoms with van der Waals surface area (Å²) in [7, 11) is 1.75. The van der Waals surface area contributed by atoms with Crippen LogP contribution in [0.3, 0.4) is 0 Å². The lowest BCUT2D eigenvalue weighted by molar-refractivity contribution is -0.0475. The Balaban J connectivity index is 1.53. The van der Waals surface area contributed by atoms with E-state index in [9.17, 15) is 0 Å². The monoisotopic (exact) mass is 366 g/mol. The zero-order chi connectivity index (χ0) is 18.5. The standard InChI is InChI=1S/C18H18N6O3/c1-24-17(20-22-23-24)16(13-6-3-2-4-7-13)21-27-12-14-8-5-9-15(19-14)18-25-10-11-26-18/h2-9,18H,10-12H2,1H3/b21-16+. The van der Waals surface area contributed by atoms with E-state index < -0.39 is 6.29 Å². The van der Waals surface area contributed by atoms with Gasteiger partial charge in [0.25, 0.3) is 0 Å². The lowest BCUT2D eigenvalue weighted by atomic mass is 10.1. The molecule has 9 nitrogen and oxygen atoms in total. The first-order chi connectivity index (χ1) is 13.3. The third-order valence-corrected chi connectivity index (χ3v) is 3.94. The van der Waals surface area contributed by atoms with Crippen molar-refractivity contribution in [2.45, 2.75) is 12.9 Å². The van der Waals surface area contributed by atoms with Gasteiger partial charge in [0.05, 0.1) is 24.6 Å². The second kappa shape index (κ2) is 8.02. The van der Waals surface area contributed by atoms with Gasteiger partial charge in [0.15, 0.2) is 12.3 Å². The zero-order valence-electron chi connectivity index (χ0n) is 14.7. The van der Waals surface area contributed by atoms with Crippen molar-refractivity contribution in [3.05, 3.63) is 71.3 Å². The lowest BCUT2D eigenvalue weighted by Gasteiger charge is -2.10. The van der Waals surface area contributed by atoms with E-state index in [2.05, 4.69) is 25.7 Å². The molecule has 0 saturated carbocycles. The summed E-state index contributed by atoms with van der Waals surface area (Å²) >= 11 is 0. The van der Waals surface area contributed by atoms with E-state index in [-0.39, 0.29) is 6.61 Å². The molecule has 2 aromatic heterocycles. The maximum atomic E-state index is 5.57. The molecule has 138 valence electrons. The van der Waals surface area contributed by atoms with Gasteiger partial charge in [0.1, 0.15) is 0 Å². The number of aryl methyl sites for hydroxylation is 1. The highest BCUT2D eigenvalue weighted by molar-refractivity contribution is 6.10. The van der Waals surface area contributed by atoms with Crippen molar-refractivity contribution in [3.8, 4) is 0 Å². The Kier molecular flexibility index (Phi) is 5.13. The van der Waals surface area contributed by atoms with Crippen LogP contribution < -0.4 is 0 Å². The smallest absolute Gasteiger partial charge is 0.204 e. The highest BCUT2D eigenvalue weighted by Crippen LogP contribution is 2.21. The first-order valence-corrected chi connectivity index (χ1v) is 8.48. The van der Waals surface area contributed by atoms with Crippen LogP contribution in [0.5, 0.6) is 0 Å². The molecule has 1 aliphatic heterocycles. The number of hydrogen-bond donors (Lipinski definition) is 0. The lowest BCUT2D eigenvalue weighted by Crippen LogP contribution is -2.12. The third-order valence-electron chi connectivity index (χ3n) is 3.94. The van der Waals surface area contributed by atoms with Crippen LogP contribution in [0.4, 0.5) is 0 Å². The molecule has 1 aromatic carbocycles. The van der Waals surface area contributed by atoms with Crippen LogP contribution in [0, 0.1) is 0 Å². The maximum Gasteiger partial charge on any atom is 0.204 e. The van der Waals surface area contributed by atoms with Crippen molar-refractivity contribution < 1.29 is 14.3 Å². The van der Waals surface area contributed by atoms with Gasteiger partial charge in [0, 0.05) is 12.6 Å². The second-order valence-electron chi connectivity index (χ2n) is 5.83. The van der Waals surface area contributed by atoms with Gasteiger partial charge in [-0.3, -0.25) is 0 Å². The van der Waals surface area contributed by atoms with Gasteiger partial charge in [0.2, 0.25) is 12.1 Å². The number of oxime groups is 1. The minimum Gasteiger partial charge on any atom is -0.389 e. The van der Waals surface area contributed by atoms with Crippen molar-refractivity contribution in [2.75, 3.05) is 13.2 Å². The molecule has 0 N–H and O–H groups in total. The molecule has 0 amide bonds. The molecule has 0 radical (unpaired) electrons. The summed E-state index contributed by atoms with van der Waals surface area (Å²) in [6, 6.07) is 15.2. The molecule has 0 aliphatic carbocycles. The molecule has 4 rings (SSSR count). The molecule has 9 heteroatoms. The van der Waals surface area contributed by atoms with E-state index in [1.807, 2.05) is 48.5 Å². The molecule has 3 heterocycles. The van der Waals surface area contributed by atoms with E-state index in [0.29, 0.717) is 24.7 Å². The average Bonchev–Trinajstić information content (AvgIpc) is 3.38. The molecule has 0 unspecified atom stereocenters. The van der Waals surface area contributed by atoms with Gasteiger partial charge >= 0.3 is 0 Å². The number of pyridine rings is 1. The van der Waals surface area contributed by atoms with Crippen molar-refractivity contribution in [2.24, 2.45) is 12.2 Å². The Morgan fingerprint density at radius 2 is 1.96 bits per heavy atom. The third kappa shape index (κ3) is 3.99. The summed E-state index contributed by atoms with van der Waals surface area (Å²) in [4.78, 5) is 10.1. The number of tetrazole rings is 1. The van der Waals surface area contributed by atoms with Gasteiger partial charge in [-0.05, 0) is 22.6 Å². The molecule has 3 aromatic rings. The van der Waals surface area contributed by atoms with Crippen LogP contribution in [-0.2, 0) is 28.0 Å². The fraction of sp³-hybridized carbons (Fsp3) is 0.278. The highest BCUT2D eigenvalue weighted by Gasteiger charge is 2.20. The Morgan fingerprint density at radius 1 is 1.15 bits per heavy atom. The Morgan fingerprint density at radius 3 is 2.70 bits per heavy atom. The number of benzene rings is 1. The normalized spacial score (nSPS) is 15.2. The minimum atomic E-state index is -0.418. The Hall–Kier alpha value is -3.17. The molecule has 0 spiro atoms. The quantitative estimate of drug-likeness (QED) is 0.483. The fourth-order valence-corrected chi connectivity index (χ4v) is 2.65. The molecular weight excluding hydrogens is 348 g/mol. The van der Waals surface area contributed by atoms with E-state index in [1.54, 1.807) is 11.7 Å². The van der Waals surface area contributed by atoms with Gasteiger partial charge < -0.3 is 14.3 Å². The number of rotatable bonds is 6. The van der Waals surface area contributed by atoms with Crippen LogP contribution >= 0.6 is 0 Å². The average molecular weight is 366 g/mol. The van der Waals surface area contributed by atoms with E-state index in [0.717, 1.165) is 17.0 Å². The Labute approximate surface area is 155 Å². The Bertz CT molecular complexity index is 922. The van der Waals surface area contributed by atoms with Crippen LogP contribution in [0.15, 0.2) is 53.7 Å². The van der Waals surface area contributed by atoms with Gasteiger partial charge in [-0.25, -0.2) is 9.67 Å². The van der Waals surface area contributed by atoms with Crippen molar-refractivity contribution in [1.29, 1.82) is 0 Å². The summed E-state index contributed by atoms with van der Waals surface area (Å²) < 4.78 is 12.5. The summed E-state index contributed by atoms with van der Waals surface area (Å²) in [5.41, 5.74) is 2.84. The fourth-order valence-electron chi connectivity index (χ4n) is 2.65. The second-order valence-corrected chi connectivity index (χ2v) is 5.83. The van der Waals surface area contributed by atoms with Crippen molar-refractivity contribution in [1.82, 2.24) is 25.2 Å². The maximum absolute atomic E-state index is 5.57. The molecular formula is C18H18N6O3. The largest absolute Gasteiger partial charge is 0.389 e. The highest BCUT2D eigenvalue weighted by atomic mass is 16.7. The summed E-state index contributed by atoms with van der Waals surface area (Å²) in [5, 5.41) is 15.8. The van der Waals surface area contributed by atoms with Crippen molar-refractivity contribution >= 4 is 5.71 Å². The van der Waals surface area contributed by atoms with Crippen LogP contribution in [0.25, 0.3) is 0 Å². The first kappa shape index (κ1) is 17.3. The number of nitrogens with zero attached hydrogens (tertiary/aromatic N) is 6. The molecule has 0 bridgehead atoms. The van der Waals surface area contributed by atoms with E-state index >= 15 is 0 Å². The predicted molar refractivity (Wildman–Crippen MR) is 94.6 cm³/mol. The van der Waals surface area contributed by atoms with Gasteiger partial charge in [-0.1, -0.05) is 41.6 Å². The van der Waals surface area contributed by atoms with Crippen LogP contribution in [0.2, 0.25) is 0 Å². The zero-order valence-corrected chi connectivity index (χ0v) is 14.7. The predicted octanol–water partition coefficient (Wildman–Crippen LogP) is 1.62. The topological polar surface area (TPSA) is 96.5 Å². The van der Waals surface area contributed by atoms with E-state index in [1.165, 1.54) is 0 Å². The van der Waals surface area contributed by atoms with E-state index in [4.69, 9.17) is 14.3 Å². The summed E-state index contributed by atoms with van der Waals surface area (Å²) in [5.74, 6) is 0.510. The minimum absolute atomic E-state index is 0.197. The molecule has 1 saturated heterocycles. The first-order valence-electron chi connectivity index (χ1n) is 8.48. The number of hydrogen-bond acceptors (Lipinski definition) is 8. The van der Waals surface area contributed by atoms with Crippen LogP contribution in [0.1, 0.15) is 29.1 Å². The molecule has 27 heavy (non-hydrogen) atoms. The summed E-state index contributed by atoms with van der Waals surface area (Å²) in [6.07, 6.45) is -0.418. The molecule has 1 aliphatic rings. The number of aromatic nitrogens is 5. The van der Waals surface area contributed by atoms with Gasteiger partial charge in [-0.15, -0.1) is 5.10 Å². The molecule has 0 atom stereocenters.